The molecular weight excluding hydrogens is 360 g/mol. The molecule has 0 spiro atoms. The van der Waals surface area contributed by atoms with E-state index in [9.17, 15) is 35.1 Å². The summed E-state index contributed by atoms with van der Waals surface area (Å²) < 4.78 is 0. The highest BCUT2D eigenvalue weighted by molar-refractivity contribution is 5.88. The van der Waals surface area contributed by atoms with Crippen LogP contribution in [-0.4, -0.2) is 84.6 Å². The molecule has 1 heterocycles. The topological polar surface area (TPSA) is 183 Å². The van der Waals surface area contributed by atoms with Crippen LogP contribution in [0.15, 0.2) is 30.5 Å². The molecule has 2 aromatic rings. The quantitative estimate of drug-likeness (QED) is 0.238. The second-order valence-corrected chi connectivity index (χ2v) is 6.14. The third-order valence-corrected chi connectivity index (χ3v) is 4.24. The number of carboxylic acids is 1. The first kappa shape index (κ1) is 20.8. The fourth-order valence-corrected chi connectivity index (χ4v) is 2.66. The molecule has 0 fully saturated rings. The molecular formula is C17H22N2O8. The van der Waals surface area contributed by atoms with Crippen molar-refractivity contribution in [1.82, 2.24) is 10.3 Å². The normalized spacial score (nSPS) is 17.1. The number of H-pyrrole nitrogens is 1. The van der Waals surface area contributed by atoms with Crippen molar-refractivity contribution in [3.8, 4) is 0 Å². The lowest BCUT2D eigenvalue weighted by Gasteiger charge is -2.26. The highest BCUT2D eigenvalue weighted by Crippen LogP contribution is 2.19. The number of aromatic amines is 1. The number of fused-ring (bicyclic) bond motifs is 1. The van der Waals surface area contributed by atoms with Gasteiger partial charge in [0.25, 0.3) is 5.91 Å². The minimum Gasteiger partial charge on any atom is -0.480 e. The molecule has 1 amide bonds. The average molecular weight is 382 g/mol. The predicted molar refractivity (Wildman–Crippen MR) is 92.7 cm³/mol. The number of nitrogens with one attached hydrogen (secondary N) is 2. The van der Waals surface area contributed by atoms with E-state index in [1.54, 1.807) is 24.4 Å². The monoisotopic (exact) mass is 382 g/mol. The number of para-hydroxylation sites is 1. The van der Waals surface area contributed by atoms with Gasteiger partial charge in [0.2, 0.25) is 0 Å². The third-order valence-electron chi connectivity index (χ3n) is 4.24. The first-order chi connectivity index (χ1) is 12.8. The summed E-state index contributed by atoms with van der Waals surface area (Å²) in [5.74, 6) is -2.59. The number of aliphatic hydroxyl groups excluding tert-OH is 5. The van der Waals surface area contributed by atoms with Gasteiger partial charge in [0, 0.05) is 23.5 Å². The van der Waals surface area contributed by atoms with Crippen LogP contribution in [0.1, 0.15) is 5.56 Å². The molecule has 10 nitrogen and oxygen atoms in total. The van der Waals surface area contributed by atoms with Crippen molar-refractivity contribution in [3.05, 3.63) is 36.0 Å². The van der Waals surface area contributed by atoms with Crippen LogP contribution in [0, 0.1) is 0 Å². The van der Waals surface area contributed by atoms with Crippen LogP contribution in [0.4, 0.5) is 0 Å². The summed E-state index contributed by atoms with van der Waals surface area (Å²) >= 11 is 0. The summed E-state index contributed by atoms with van der Waals surface area (Å²) in [7, 11) is 0. The summed E-state index contributed by atoms with van der Waals surface area (Å²) in [4.78, 5) is 26.5. The van der Waals surface area contributed by atoms with Gasteiger partial charge in [-0.15, -0.1) is 0 Å². The highest BCUT2D eigenvalue weighted by Gasteiger charge is 2.35. The molecule has 8 N–H and O–H groups in total. The number of aromatic nitrogens is 1. The molecule has 0 radical (unpaired) electrons. The van der Waals surface area contributed by atoms with E-state index in [0.29, 0.717) is 5.56 Å². The van der Waals surface area contributed by atoms with Crippen LogP contribution in [0.2, 0.25) is 0 Å². The summed E-state index contributed by atoms with van der Waals surface area (Å²) in [5, 5.41) is 59.3. The fraction of sp³-hybridized carbons (Fsp3) is 0.412. The van der Waals surface area contributed by atoms with E-state index in [-0.39, 0.29) is 6.42 Å². The summed E-state index contributed by atoms with van der Waals surface area (Å²) in [6.45, 7) is -0.898. The molecule has 0 saturated carbocycles. The molecule has 0 aliphatic carbocycles. The van der Waals surface area contributed by atoms with Gasteiger partial charge in [-0.25, -0.2) is 4.79 Å². The van der Waals surface area contributed by atoms with Crippen LogP contribution >= 0.6 is 0 Å². The Kier molecular flexibility index (Phi) is 6.88. The second-order valence-electron chi connectivity index (χ2n) is 6.14. The van der Waals surface area contributed by atoms with Gasteiger partial charge >= 0.3 is 5.97 Å². The fourth-order valence-electron chi connectivity index (χ4n) is 2.66. The molecule has 0 bridgehead atoms. The molecule has 0 unspecified atom stereocenters. The number of hydrogen-bond donors (Lipinski definition) is 8. The Bertz CT molecular complexity index is 792. The van der Waals surface area contributed by atoms with Crippen LogP contribution in [0.5, 0.6) is 0 Å². The summed E-state index contributed by atoms with van der Waals surface area (Å²) in [5.41, 5.74) is 1.42. The van der Waals surface area contributed by atoms with Gasteiger partial charge in [0.1, 0.15) is 24.4 Å². The maximum Gasteiger partial charge on any atom is 0.326 e. The Morgan fingerprint density at radius 3 is 2.37 bits per heavy atom. The number of carbonyl (C=O) groups is 2. The Labute approximate surface area is 153 Å². The van der Waals surface area contributed by atoms with Crippen molar-refractivity contribution in [3.63, 3.8) is 0 Å². The van der Waals surface area contributed by atoms with Crippen LogP contribution in [-0.2, 0) is 16.0 Å². The molecule has 27 heavy (non-hydrogen) atoms. The Hall–Kier alpha value is -2.50. The minimum atomic E-state index is -2.20. The zero-order valence-corrected chi connectivity index (χ0v) is 14.2. The Balaban J connectivity index is 2.09. The van der Waals surface area contributed by atoms with Gasteiger partial charge in [-0.1, -0.05) is 18.2 Å². The van der Waals surface area contributed by atoms with Gasteiger partial charge < -0.3 is 40.9 Å². The SMILES string of the molecule is O=C(O)[C@H](Cc1c[nH]c2ccccc12)NC(=O)[C@H](O)[C@@H](O)[C@H](O)[C@H](O)CO. The van der Waals surface area contributed by atoms with E-state index in [0.717, 1.165) is 10.9 Å². The van der Waals surface area contributed by atoms with Gasteiger partial charge in [-0.3, -0.25) is 4.79 Å². The number of aliphatic carboxylic acids is 1. The molecule has 0 saturated heterocycles. The van der Waals surface area contributed by atoms with Crippen molar-refractivity contribution in [1.29, 1.82) is 0 Å². The molecule has 148 valence electrons. The van der Waals surface area contributed by atoms with E-state index in [1.807, 2.05) is 6.07 Å². The highest BCUT2D eigenvalue weighted by atomic mass is 16.4. The van der Waals surface area contributed by atoms with E-state index >= 15 is 0 Å². The predicted octanol–water partition coefficient (Wildman–Crippen LogP) is -2.28. The van der Waals surface area contributed by atoms with Crippen molar-refractivity contribution >= 4 is 22.8 Å². The molecule has 0 aliphatic heterocycles. The van der Waals surface area contributed by atoms with Gasteiger partial charge in [0.15, 0.2) is 6.10 Å². The van der Waals surface area contributed by atoms with E-state index in [1.165, 1.54) is 0 Å². The van der Waals surface area contributed by atoms with Crippen molar-refractivity contribution in [2.24, 2.45) is 0 Å². The molecule has 2 rings (SSSR count). The van der Waals surface area contributed by atoms with Crippen molar-refractivity contribution in [2.45, 2.75) is 36.9 Å². The molecule has 10 heteroatoms. The van der Waals surface area contributed by atoms with Crippen molar-refractivity contribution in [2.75, 3.05) is 6.61 Å². The number of rotatable bonds is 9. The first-order valence-corrected chi connectivity index (χ1v) is 8.17. The maximum absolute atomic E-state index is 12.1. The Morgan fingerprint density at radius 2 is 1.74 bits per heavy atom. The summed E-state index contributed by atoms with van der Waals surface area (Å²) in [6.07, 6.45) is -6.56. The first-order valence-electron chi connectivity index (χ1n) is 8.17. The number of carboxylic acid groups (broad SMARTS) is 1. The van der Waals surface area contributed by atoms with E-state index < -0.39 is 48.9 Å². The molecule has 1 aromatic heterocycles. The van der Waals surface area contributed by atoms with Crippen LogP contribution < -0.4 is 5.32 Å². The zero-order chi connectivity index (χ0) is 20.1. The van der Waals surface area contributed by atoms with Gasteiger partial charge in [-0.2, -0.15) is 0 Å². The molecule has 1 aromatic carbocycles. The summed E-state index contributed by atoms with van der Waals surface area (Å²) in [6, 6.07) is 5.78. The largest absolute Gasteiger partial charge is 0.480 e. The van der Waals surface area contributed by atoms with Crippen molar-refractivity contribution < 1.29 is 40.2 Å². The number of amides is 1. The third kappa shape index (κ3) is 4.81. The average Bonchev–Trinajstić information content (AvgIpc) is 3.07. The van der Waals surface area contributed by atoms with Crippen LogP contribution in [0.3, 0.4) is 0 Å². The Morgan fingerprint density at radius 1 is 1.07 bits per heavy atom. The van der Waals surface area contributed by atoms with Gasteiger partial charge in [-0.05, 0) is 11.6 Å². The lowest BCUT2D eigenvalue weighted by molar-refractivity contribution is -0.152. The lowest BCUT2D eigenvalue weighted by Crippen LogP contribution is -2.54. The van der Waals surface area contributed by atoms with E-state index in [2.05, 4.69) is 10.3 Å². The lowest BCUT2D eigenvalue weighted by atomic mass is 10.0. The molecule has 5 atom stereocenters. The molecule has 0 aliphatic rings. The second kappa shape index (κ2) is 8.93. The zero-order valence-electron chi connectivity index (χ0n) is 14.2. The number of hydrogen-bond acceptors (Lipinski definition) is 7. The number of benzene rings is 1. The minimum absolute atomic E-state index is 0.0876. The smallest absolute Gasteiger partial charge is 0.326 e. The maximum atomic E-state index is 12.1. The number of aliphatic hydroxyl groups is 5. The number of carbonyl (C=O) groups excluding carboxylic acids is 1. The van der Waals surface area contributed by atoms with E-state index in [4.69, 9.17) is 5.11 Å². The van der Waals surface area contributed by atoms with Gasteiger partial charge in [0.05, 0.1) is 6.61 Å². The standard InChI is InChI=1S/C17H22N2O8/c20-7-12(21)13(22)14(23)15(24)16(25)19-11(17(26)27)5-8-6-18-10-4-2-1-3-9(8)10/h1-4,6,11-15,18,20-24H,5,7H2,(H,19,25)(H,26,27)/t11-,12+,13+,14-,15+/m0/s1. The van der Waals surface area contributed by atoms with Crippen LogP contribution in [0.25, 0.3) is 10.9 Å².